The van der Waals surface area contributed by atoms with Gasteiger partial charge in [0.1, 0.15) is 0 Å². The van der Waals surface area contributed by atoms with E-state index in [1.165, 1.54) is 32.2 Å². The lowest BCUT2D eigenvalue weighted by Gasteiger charge is -2.27. The van der Waals surface area contributed by atoms with Crippen molar-refractivity contribution in [3.05, 3.63) is 0 Å². The fourth-order valence-electron chi connectivity index (χ4n) is 2.02. The number of nitrogens with two attached hydrogens (primary N) is 1. The Kier molecular flexibility index (Phi) is 9.42. The summed E-state index contributed by atoms with van der Waals surface area (Å²) >= 11 is 0. The summed E-state index contributed by atoms with van der Waals surface area (Å²) in [7, 11) is 0. The van der Waals surface area contributed by atoms with E-state index in [1.54, 1.807) is 0 Å². The lowest BCUT2D eigenvalue weighted by Crippen LogP contribution is -2.28. The van der Waals surface area contributed by atoms with Gasteiger partial charge in [0.2, 0.25) is 0 Å². The van der Waals surface area contributed by atoms with Crippen molar-refractivity contribution in [2.24, 2.45) is 17.6 Å². The smallest absolute Gasteiger partial charge is 0.00206 e. The molecule has 2 heteroatoms. The van der Waals surface area contributed by atoms with Gasteiger partial charge < -0.3 is 11.1 Å². The molecule has 0 radical (unpaired) electrons. The van der Waals surface area contributed by atoms with Gasteiger partial charge in [0.05, 0.1) is 0 Å². The Morgan fingerprint density at radius 2 is 1.57 bits per heavy atom. The minimum absolute atomic E-state index is 0.822. The van der Waals surface area contributed by atoms with E-state index in [4.69, 9.17) is 5.73 Å². The quantitative estimate of drug-likeness (QED) is 0.731. The van der Waals surface area contributed by atoms with Gasteiger partial charge in [-0.3, -0.25) is 0 Å². The Morgan fingerprint density at radius 1 is 1.07 bits per heavy atom. The molecule has 0 heterocycles. The SMILES string of the molecule is CC.CCNCC1CCC(CN)CC1. The molecule has 0 aliphatic heterocycles. The molecule has 0 amide bonds. The molecule has 2 nitrogen and oxygen atoms in total. The Labute approximate surface area is 89.6 Å². The molecular formula is C12H28N2. The van der Waals surface area contributed by atoms with Crippen LogP contribution in [0.2, 0.25) is 0 Å². The molecule has 1 aliphatic carbocycles. The third kappa shape index (κ3) is 5.61. The van der Waals surface area contributed by atoms with Crippen molar-refractivity contribution < 1.29 is 0 Å². The molecule has 0 atom stereocenters. The van der Waals surface area contributed by atoms with Crippen molar-refractivity contribution in [3.63, 3.8) is 0 Å². The fraction of sp³-hybridized carbons (Fsp3) is 1.00. The Morgan fingerprint density at radius 3 is 2.00 bits per heavy atom. The molecule has 86 valence electrons. The highest BCUT2D eigenvalue weighted by Gasteiger charge is 2.19. The van der Waals surface area contributed by atoms with Gasteiger partial charge >= 0.3 is 0 Å². The summed E-state index contributed by atoms with van der Waals surface area (Å²) in [6.07, 6.45) is 5.48. The van der Waals surface area contributed by atoms with Gasteiger partial charge in [0, 0.05) is 0 Å². The normalized spacial score (nSPS) is 26.6. The topological polar surface area (TPSA) is 38.0 Å². The molecule has 1 rings (SSSR count). The highest BCUT2D eigenvalue weighted by Crippen LogP contribution is 2.27. The van der Waals surface area contributed by atoms with Crippen LogP contribution < -0.4 is 11.1 Å². The summed E-state index contributed by atoms with van der Waals surface area (Å²) in [6, 6.07) is 0. The first-order valence-corrected chi connectivity index (χ1v) is 6.27. The number of nitrogens with one attached hydrogen (secondary N) is 1. The molecule has 3 N–H and O–H groups in total. The van der Waals surface area contributed by atoms with Crippen LogP contribution in [0.25, 0.3) is 0 Å². The summed E-state index contributed by atoms with van der Waals surface area (Å²) in [6.45, 7) is 9.39. The summed E-state index contributed by atoms with van der Waals surface area (Å²) in [5.74, 6) is 1.75. The molecular weight excluding hydrogens is 172 g/mol. The van der Waals surface area contributed by atoms with Crippen molar-refractivity contribution in [1.29, 1.82) is 0 Å². The molecule has 0 spiro atoms. The number of hydrogen-bond acceptors (Lipinski definition) is 2. The molecule has 14 heavy (non-hydrogen) atoms. The van der Waals surface area contributed by atoms with Crippen molar-refractivity contribution in [2.75, 3.05) is 19.6 Å². The van der Waals surface area contributed by atoms with E-state index in [2.05, 4.69) is 12.2 Å². The molecule has 1 fully saturated rings. The first kappa shape index (κ1) is 13.9. The van der Waals surface area contributed by atoms with Crippen molar-refractivity contribution in [1.82, 2.24) is 5.32 Å². The average Bonchev–Trinajstić information content (AvgIpc) is 2.30. The summed E-state index contributed by atoms with van der Waals surface area (Å²) < 4.78 is 0. The fourth-order valence-corrected chi connectivity index (χ4v) is 2.02. The minimum Gasteiger partial charge on any atom is -0.330 e. The van der Waals surface area contributed by atoms with Crippen molar-refractivity contribution in [2.45, 2.75) is 46.5 Å². The zero-order chi connectivity index (χ0) is 10.8. The second-order valence-electron chi connectivity index (χ2n) is 3.93. The second kappa shape index (κ2) is 9.47. The van der Waals surface area contributed by atoms with E-state index < -0.39 is 0 Å². The molecule has 0 unspecified atom stereocenters. The van der Waals surface area contributed by atoms with E-state index in [9.17, 15) is 0 Å². The van der Waals surface area contributed by atoms with Crippen LogP contribution in [0.1, 0.15) is 46.5 Å². The van der Waals surface area contributed by atoms with E-state index in [0.717, 1.165) is 24.9 Å². The lowest BCUT2D eigenvalue weighted by molar-refractivity contribution is 0.273. The third-order valence-corrected chi connectivity index (χ3v) is 2.98. The van der Waals surface area contributed by atoms with Crippen LogP contribution >= 0.6 is 0 Å². The van der Waals surface area contributed by atoms with Gasteiger partial charge in [0.25, 0.3) is 0 Å². The largest absolute Gasteiger partial charge is 0.330 e. The van der Waals surface area contributed by atoms with Crippen LogP contribution in [-0.4, -0.2) is 19.6 Å². The van der Waals surface area contributed by atoms with Crippen LogP contribution in [0.4, 0.5) is 0 Å². The monoisotopic (exact) mass is 200 g/mol. The summed E-state index contributed by atoms with van der Waals surface area (Å²) in [5.41, 5.74) is 5.63. The van der Waals surface area contributed by atoms with Gasteiger partial charge in [-0.05, 0) is 57.2 Å². The van der Waals surface area contributed by atoms with Crippen LogP contribution in [0, 0.1) is 11.8 Å². The predicted octanol–water partition coefficient (Wildman–Crippen LogP) is 2.39. The van der Waals surface area contributed by atoms with Gasteiger partial charge in [-0.15, -0.1) is 0 Å². The predicted molar refractivity (Wildman–Crippen MR) is 64.4 cm³/mol. The number of rotatable bonds is 4. The average molecular weight is 200 g/mol. The van der Waals surface area contributed by atoms with Gasteiger partial charge in [-0.1, -0.05) is 20.8 Å². The molecule has 0 aromatic heterocycles. The highest BCUT2D eigenvalue weighted by atomic mass is 14.8. The minimum atomic E-state index is 0.822. The van der Waals surface area contributed by atoms with Crippen LogP contribution in [-0.2, 0) is 0 Å². The van der Waals surface area contributed by atoms with Crippen LogP contribution in [0.15, 0.2) is 0 Å². The van der Waals surface area contributed by atoms with E-state index >= 15 is 0 Å². The van der Waals surface area contributed by atoms with Gasteiger partial charge in [-0.2, -0.15) is 0 Å². The van der Waals surface area contributed by atoms with Crippen molar-refractivity contribution >= 4 is 0 Å². The molecule has 0 bridgehead atoms. The maximum absolute atomic E-state index is 5.63. The van der Waals surface area contributed by atoms with Crippen LogP contribution in [0.3, 0.4) is 0 Å². The summed E-state index contributed by atoms with van der Waals surface area (Å²) in [4.78, 5) is 0. The Bertz CT molecular complexity index is 107. The zero-order valence-corrected chi connectivity index (χ0v) is 10.2. The molecule has 0 aromatic carbocycles. The lowest BCUT2D eigenvalue weighted by atomic mass is 9.82. The van der Waals surface area contributed by atoms with Gasteiger partial charge in [0.15, 0.2) is 0 Å². The second-order valence-corrected chi connectivity index (χ2v) is 3.93. The first-order valence-electron chi connectivity index (χ1n) is 6.27. The first-order chi connectivity index (χ1) is 6.86. The Balaban J connectivity index is 0.000000791. The van der Waals surface area contributed by atoms with E-state index in [0.29, 0.717) is 0 Å². The number of hydrogen-bond donors (Lipinski definition) is 2. The van der Waals surface area contributed by atoms with E-state index in [1.807, 2.05) is 13.8 Å². The highest BCUT2D eigenvalue weighted by molar-refractivity contribution is 4.74. The van der Waals surface area contributed by atoms with Crippen LogP contribution in [0.5, 0.6) is 0 Å². The summed E-state index contributed by atoms with van der Waals surface area (Å²) in [5, 5.41) is 3.42. The molecule has 0 saturated heterocycles. The third-order valence-electron chi connectivity index (χ3n) is 2.98. The molecule has 0 aromatic rings. The maximum atomic E-state index is 5.63. The molecule has 1 aliphatic rings. The zero-order valence-electron chi connectivity index (χ0n) is 10.2. The Hall–Kier alpha value is -0.0800. The molecule has 1 saturated carbocycles. The maximum Gasteiger partial charge on any atom is -0.00206 e. The standard InChI is InChI=1S/C10H22N2.C2H6/c1-2-12-8-10-5-3-9(7-11)4-6-10;1-2/h9-10,12H,2-8,11H2,1H3;1-2H3. The van der Waals surface area contributed by atoms with Crippen molar-refractivity contribution in [3.8, 4) is 0 Å². The van der Waals surface area contributed by atoms with Gasteiger partial charge in [-0.25, -0.2) is 0 Å². The van der Waals surface area contributed by atoms with E-state index in [-0.39, 0.29) is 0 Å².